The first-order valence-corrected chi connectivity index (χ1v) is 7.10. The highest BCUT2D eigenvalue weighted by molar-refractivity contribution is 5.87. The molecule has 2 unspecified atom stereocenters. The van der Waals surface area contributed by atoms with Gasteiger partial charge in [-0.3, -0.25) is 4.79 Å². The summed E-state index contributed by atoms with van der Waals surface area (Å²) in [6.07, 6.45) is 6.63. The summed E-state index contributed by atoms with van der Waals surface area (Å²) < 4.78 is 0. The van der Waals surface area contributed by atoms with Crippen molar-refractivity contribution in [1.29, 1.82) is 0 Å². The molecule has 0 bridgehead atoms. The van der Waals surface area contributed by atoms with Crippen molar-refractivity contribution in [2.45, 2.75) is 63.8 Å². The highest BCUT2D eigenvalue weighted by Crippen LogP contribution is 2.38. The molecule has 4 nitrogen and oxygen atoms in total. The van der Waals surface area contributed by atoms with Crippen molar-refractivity contribution in [3.05, 3.63) is 0 Å². The molecule has 1 heterocycles. The summed E-state index contributed by atoms with van der Waals surface area (Å²) >= 11 is 0. The molecule has 1 saturated heterocycles. The quantitative estimate of drug-likeness (QED) is 0.822. The number of carbonyl (C=O) groups is 2. The zero-order valence-corrected chi connectivity index (χ0v) is 11.2. The average Bonchev–Trinajstić information content (AvgIpc) is 2.53. The molecular weight excluding hydrogens is 230 g/mol. The molecule has 2 atom stereocenters. The first-order chi connectivity index (χ1) is 8.56. The Morgan fingerprint density at radius 3 is 2.78 bits per heavy atom. The van der Waals surface area contributed by atoms with Crippen LogP contribution in [0.15, 0.2) is 0 Å². The number of rotatable bonds is 2. The molecule has 1 amide bonds. The molecule has 102 valence electrons. The van der Waals surface area contributed by atoms with Crippen LogP contribution >= 0.6 is 0 Å². The molecule has 0 aromatic rings. The topological polar surface area (TPSA) is 57.6 Å². The fourth-order valence-corrected chi connectivity index (χ4v) is 3.51. The first kappa shape index (κ1) is 13.4. The number of nitrogens with zero attached hydrogens (tertiary/aromatic N) is 1. The lowest BCUT2D eigenvalue weighted by Crippen LogP contribution is -2.59. The van der Waals surface area contributed by atoms with E-state index in [0.717, 1.165) is 32.1 Å². The molecule has 1 aliphatic carbocycles. The number of likely N-dealkylation sites (tertiary alicyclic amines) is 1. The van der Waals surface area contributed by atoms with Crippen LogP contribution < -0.4 is 0 Å². The van der Waals surface area contributed by atoms with Crippen LogP contribution in [0, 0.1) is 5.92 Å². The van der Waals surface area contributed by atoms with E-state index in [4.69, 9.17) is 0 Å². The van der Waals surface area contributed by atoms with Crippen LogP contribution in [0.25, 0.3) is 0 Å². The molecule has 2 rings (SSSR count). The average molecular weight is 253 g/mol. The Morgan fingerprint density at radius 2 is 2.11 bits per heavy atom. The fourth-order valence-electron chi connectivity index (χ4n) is 3.51. The van der Waals surface area contributed by atoms with Gasteiger partial charge in [0.15, 0.2) is 0 Å². The molecule has 4 heteroatoms. The second kappa shape index (κ2) is 5.29. The van der Waals surface area contributed by atoms with E-state index in [1.807, 2.05) is 0 Å². The first-order valence-electron chi connectivity index (χ1n) is 7.10. The van der Waals surface area contributed by atoms with Gasteiger partial charge < -0.3 is 10.0 Å². The molecule has 1 N–H and O–H groups in total. The second-order valence-corrected chi connectivity index (χ2v) is 5.89. The molecule has 2 fully saturated rings. The van der Waals surface area contributed by atoms with Crippen LogP contribution in [0.2, 0.25) is 0 Å². The van der Waals surface area contributed by atoms with E-state index in [9.17, 15) is 14.7 Å². The SMILES string of the molecule is CC1CCCC(C(=O)O)(N2CCCCCC2=O)C1. The minimum Gasteiger partial charge on any atom is -0.479 e. The van der Waals surface area contributed by atoms with Crippen LogP contribution in [0.4, 0.5) is 0 Å². The van der Waals surface area contributed by atoms with Gasteiger partial charge in [0, 0.05) is 13.0 Å². The number of aliphatic carboxylic acids is 1. The van der Waals surface area contributed by atoms with Crippen molar-refractivity contribution in [3.8, 4) is 0 Å². The van der Waals surface area contributed by atoms with Gasteiger partial charge in [-0.15, -0.1) is 0 Å². The standard InChI is InChI=1S/C14H23NO3/c1-11-6-5-8-14(10-11,13(17)18)15-9-4-2-3-7-12(15)16/h11H,2-10H2,1H3,(H,17,18). The van der Waals surface area contributed by atoms with Crippen LogP contribution in [0.3, 0.4) is 0 Å². The summed E-state index contributed by atoms with van der Waals surface area (Å²) in [5.41, 5.74) is -0.918. The van der Waals surface area contributed by atoms with E-state index in [2.05, 4.69) is 6.92 Å². The fraction of sp³-hybridized carbons (Fsp3) is 0.857. The van der Waals surface area contributed by atoms with E-state index < -0.39 is 11.5 Å². The van der Waals surface area contributed by atoms with Gasteiger partial charge in [0.05, 0.1) is 0 Å². The monoisotopic (exact) mass is 253 g/mol. The predicted octanol–water partition coefficient (Wildman–Crippen LogP) is 2.42. The largest absolute Gasteiger partial charge is 0.479 e. The lowest BCUT2D eigenvalue weighted by molar-refractivity contribution is -0.163. The zero-order valence-electron chi connectivity index (χ0n) is 11.2. The maximum absolute atomic E-state index is 12.2. The number of carboxylic acid groups (broad SMARTS) is 1. The van der Waals surface area contributed by atoms with Crippen LogP contribution in [-0.4, -0.2) is 34.0 Å². The van der Waals surface area contributed by atoms with Crippen LogP contribution in [0.5, 0.6) is 0 Å². The molecule has 0 spiro atoms. The van der Waals surface area contributed by atoms with Crippen molar-refractivity contribution in [1.82, 2.24) is 4.90 Å². The van der Waals surface area contributed by atoms with Crippen molar-refractivity contribution in [2.24, 2.45) is 5.92 Å². The van der Waals surface area contributed by atoms with Gasteiger partial charge in [-0.2, -0.15) is 0 Å². The van der Waals surface area contributed by atoms with Crippen molar-refractivity contribution < 1.29 is 14.7 Å². The summed E-state index contributed by atoms with van der Waals surface area (Å²) in [7, 11) is 0. The number of amides is 1. The summed E-state index contributed by atoms with van der Waals surface area (Å²) in [6.45, 7) is 2.72. The van der Waals surface area contributed by atoms with Gasteiger partial charge in [-0.05, 0) is 31.6 Å². The normalized spacial score (nSPS) is 34.2. The van der Waals surface area contributed by atoms with Crippen molar-refractivity contribution in [2.75, 3.05) is 6.54 Å². The Balaban J connectivity index is 2.27. The Labute approximate surface area is 108 Å². The van der Waals surface area contributed by atoms with E-state index in [1.165, 1.54) is 0 Å². The third kappa shape index (κ3) is 2.38. The highest BCUT2D eigenvalue weighted by Gasteiger charge is 2.48. The summed E-state index contributed by atoms with van der Waals surface area (Å²) in [6, 6.07) is 0. The van der Waals surface area contributed by atoms with Gasteiger partial charge in [-0.1, -0.05) is 26.2 Å². The Morgan fingerprint density at radius 1 is 1.33 bits per heavy atom. The summed E-state index contributed by atoms with van der Waals surface area (Å²) in [5, 5.41) is 9.67. The summed E-state index contributed by atoms with van der Waals surface area (Å²) in [5.74, 6) is -0.362. The van der Waals surface area contributed by atoms with Gasteiger partial charge >= 0.3 is 5.97 Å². The minimum absolute atomic E-state index is 0.0454. The van der Waals surface area contributed by atoms with Crippen molar-refractivity contribution in [3.63, 3.8) is 0 Å². The summed E-state index contributed by atoms with van der Waals surface area (Å²) in [4.78, 5) is 25.7. The minimum atomic E-state index is -0.918. The number of hydrogen-bond donors (Lipinski definition) is 1. The number of carboxylic acids is 1. The second-order valence-electron chi connectivity index (χ2n) is 5.89. The lowest BCUT2D eigenvalue weighted by atomic mass is 9.75. The Bertz CT molecular complexity index is 342. The molecule has 0 radical (unpaired) electrons. The van der Waals surface area contributed by atoms with E-state index in [-0.39, 0.29) is 5.91 Å². The highest BCUT2D eigenvalue weighted by atomic mass is 16.4. The van der Waals surface area contributed by atoms with Crippen LogP contribution in [-0.2, 0) is 9.59 Å². The number of hydrogen-bond acceptors (Lipinski definition) is 2. The molecular formula is C14H23NO3. The molecule has 0 aromatic carbocycles. The lowest BCUT2D eigenvalue weighted by Gasteiger charge is -2.44. The van der Waals surface area contributed by atoms with E-state index in [1.54, 1.807) is 4.90 Å². The maximum Gasteiger partial charge on any atom is 0.329 e. The van der Waals surface area contributed by atoms with Crippen molar-refractivity contribution >= 4 is 11.9 Å². The molecule has 18 heavy (non-hydrogen) atoms. The van der Waals surface area contributed by atoms with Crippen LogP contribution in [0.1, 0.15) is 58.3 Å². The molecule has 0 aromatic heterocycles. The Kier molecular flexibility index (Phi) is 3.93. The van der Waals surface area contributed by atoms with Gasteiger partial charge in [0.2, 0.25) is 5.91 Å². The smallest absolute Gasteiger partial charge is 0.329 e. The maximum atomic E-state index is 12.2. The third-order valence-electron chi connectivity index (χ3n) is 4.46. The van der Waals surface area contributed by atoms with E-state index >= 15 is 0 Å². The third-order valence-corrected chi connectivity index (χ3v) is 4.46. The van der Waals surface area contributed by atoms with E-state index in [0.29, 0.717) is 31.7 Å². The predicted molar refractivity (Wildman–Crippen MR) is 68.2 cm³/mol. The van der Waals surface area contributed by atoms with Gasteiger partial charge in [0.25, 0.3) is 0 Å². The number of carbonyl (C=O) groups excluding carboxylic acids is 1. The van der Waals surface area contributed by atoms with Gasteiger partial charge in [0.1, 0.15) is 5.54 Å². The Hall–Kier alpha value is -1.06. The zero-order chi connectivity index (χ0) is 13.2. The van der Waals surface area contributed by atoms with Gasteiger partial charge in [-0.25, -0.2) is 4.79 Å². The molecule has 1 aliphatic heterocycles. The molecule has 2 aliphatic rings. The molecule has 1 saturated carbocycles.